The zero-order chi connectivity index (χ0) is 14.1. The minimum Gasteiger partial charge on any atom is -0.497 e. The molecule has 1 heterocycles. The standard InChI is InChI=1S/C14H12O5S/c1-16-9-3-5-13-11(7-9)12-8-10(17-2)4-6-14(12)19-20(15)18-13/h3-8H,1-2H3. The number of hydrogen-bond donors (Lipinski definition) is 0. The highest BCUT2D eigenvalue weighted by Gasteiger charge is 2.22. The van der Waals surface area contributed by atoms with Crippen LogP contribution in [0.15, 0.2) is 36.4 Å². The summed E-state index contributed by atoms with van der Waals surface area (Å²) in [7, 11) is 3.17. The van der Waals surface area contributed by atoms with Crippen LogP contribution < -0.4 is 17.8 Å². The summed E-state index contributed by atoms with van der Waals surface area (Å²) in [6.07, 6.45) is 0. The number of fused-ring (bicyclic) bond motifs is 3. The van der Waals surface area contributed by atoms with Gasteiger partial charge in [-0.05, 0) is 36.4 Å². The van der Waals surface area contributed by atoms with Crippen molar-refractivity contribution in [3.8, 4) is 34.1 Å². The van der Waals surface area contributed by atoms with Gasteiger partial charge in [-0.3, -0.25) is 0 Å². The zero-order valence-corrected chi connectivity index (χ0v) is 11.7. The lowest BCUT2D eigenvalue weighted by molar-refractivity contribution is 0.414. The van der Waals surface area contributed by atoms with Crippen molar-refractivity contribution in [3.63, 3.8) is 0 Å². The van der Waals surface area contributed by atoms with Gasteiger partial charge in [-0.2, -0.15) is 4.21 Å². The van der Waals surface area contributed by atoms with Gasteiger partial charge >= 0.3 is 11.4 Å². The molecule has 0 amide bonds. The summed E-state index contributed by atoms with van der Waals surface area (Å²) in [5.74, 6) is 2.29. The molecule has 1 aliphatic heterocycles. The van der Waals surface area contributed by atoms with E-state index in [0.29, 0.717) is 23.0 Å². The van der Waals surface area contributed by atoms with Gasteiger partial charge < -0.3 is 17.8 Å². The predicted molar refractivity (Wildman–Crippen MR) is 74.4 cm³/mol. The number of benzene rings is 2. The van der Waals surface area contributed by atoms with E-state index in [1.807, 2.05) is 0 Å². The number of ether oxygens (including phenoxy) is 2. The van der Waals surface area contributed by atoms with Crippen molar-refractivity contribution in [2.45, 2.75) is 0 Å². The van der Waals surface area contributed by atoms with Gasteiger partial charge in [0.05, 0.1) is 14.2 Å². The lowest BCUT2D eigenvalue weighted by atomic mass is 10.0. The Balaban J connectivity index is 2.25. The molecule has 0 saturated heterocycles. The van der Waals surface area contributed by atoms with Crippen LogP contribution in [0.2, 0.25) is 0 Å². The molecule has 20 heavy (non-hydrogen) atoms. The molecule has 2 aromatic rings. The van der Waals surface area contributed by atoms with Crippen molar-refractivity contribution in [2.24, 2.45) is 0 Å². The Morgan fingerprint density at radius 3 is 1.70 bits per heavy atom. The Kier molecular flexibility index (Phi) is 3.23. The molecule has 0 bridgehead atoms. The Morgan fingerprint density at radius 2 is 1.30 bits per heavy atom. The first-order chi connectivity index (χ1) is 9.71. The van der Waals surface area contributed by atoms with Gasteiger partial charge in [0.15, 0.2) is 11.5 Å². The molecule has 2 aromatic carbocycles. The van der Waals surface area contributed by atoms with E-state index in [1.165, 1.54) is 0 Å². The molecule has 0 fully saturated rings. The third kappa shape index (κ3) is 2.18. The van der Waals surface area contributed by atoms with Crippen molar-refractivity contribution in [1.82, 2.24) is 0 Å². The molecule has 1 aliphatic rings. The van der Waals surface area contributed by atoms with Crippen molar-refractivity contribution in [2.75, 3.05) is 14.2 Å². The summed E-state index contributed by atoms with van der Waals surface area (Å²) in [6, 6.07) is 10.5. The molecule has 0 spiro atoms. The van der Waals surface area contributed by atoms with Crippen molar-refractivity contribution >= 4 is 11.4 Å². The first-order valence-electron chi connectivity index (χ1n) is 5.86. The average molecular weight is 292 g/mol. The van der Waals surface area contributed by atoms with E-state index < -0.39 is 11.4 Å². The highest BCUT2D eigenvalue weighted by atomic mass is 32.2. The molecule has 0 aliphatic carbocycles. The second-order valence-corrected chi connectivity index (χ2v) is 4.84. The lowest BCUT2D eigenvalue weighted by Gasteiger charge is -2.09. The molecule has 0 atom stereocenters. The fourth-order valence-electron chi connectivity index (χ4n) is 2.00. The zero-order valence-electron chi connectivity index (χ0n) is 10.9. The summed E-state index contributed by atoms with van der Waals surface area (Å²) >= 11 is -1.88. The molecule has 3 rings (SSSR count). The van der Waals surface area contributed by atoms with Crippen LogP contribution in [0.5, 0.6) is 23.0 Å². The SMILES string of the molecule is COc1ccc2c(c1)-c1cc(OC)ccc1OS(=O)O2. The quantitative estimate of drug-likeness (QED) is 0.852. The van der Waals surface area contributed by atoms with E-state index in [9.17, 15) is 4.21 Å². The Morgan fingerprint density at radius 1 is 0.850 bits per heavy atom. The van der Waals surface area contributed by atoms with Crippen LogP contribution in [0.25, 0.3) is 11.1 Å². The minimum atomic E-state index is -1.88. The third-order valence-electron chi connectivity index (χ3n) is 2.98. The molecule has 0 unspecified atom stereocenters. The monoisotopic (exact) mass is 292 g/mol. The molecular weight excluding hydrogens is 280 g/mol. The largest absolute Gasteiger partial charge is 0.497 e. The fraction of sp³-hybridized carbons (Fsp3) is 0.143. The molecule has 5 nitrogen and oxygen atoms in total. The van der Waals surface area contributed by atoms with Gasteiger partial charge in [0.2, 0.25) is 0 Å². The van der Waals surface area contributed by atoms with Crippen LogP contribution in [-0.4, -0.2) is 18.4 Å². The summed E-state index contributed by atoms with van der Waals surface area (Å²) in [5, 5.41) is 0. The Hall–Kier alpha value is -2.21. The van der Waals surface area contributed by atoms with E-state index in [1.54, 1.807) is 50.6 Å². The molecule has 0 radical (unpaired) electrons. The second-order valence-electron chi connectivity index (χ2n) is 4.09. The predicted octanol–water partition coefficient (Wildman–Crippen LogP) is 2.72. The van der Waals surface area contributed by atoms with E-state index in [4.69, 9.17) is 17.8 Å². The van der Waals surface area contributed by atoms with E-state index >= 15 is 0 Å². The molecule has 6 heteroatoms. The second kappa shape index (κ2) is 5.05. The van der Waals surface area contributed by atoms with E-state index in [-0.39, 0.29) is 0 Å². The van der Waals surface area contributed by atoms with E-state index in [2.05, 4.69) is 0 Å². The van der Waals surface area contributed by atoms with Gasteiger partial charge in [-0.1, -0.05) is 0 Å². The highest BCUT2D eigenvalue weighted by Crippen LogP contribution is 2.43. The Labute approximate surface area is 118 Å². The van der Waals surface area contributed by atoms with Gasteiger partial charge in [-0.15, -0.1) is 0 Å². The van der Waals surface area contributed by atoms with Gasteiger partial charge in [0, 0.05) is 11.1 Å². The maximum atomic E-state index is 11.7. The van der Waals surface area contributed by atoms with Crippen molar-refractivity contribution < 1.29 is 22.0 Å². The number of rotatable bonds is 2. The van der Waals surface area contributed by atoms with Gasteiger partial charge in [-0.25, -0.2) is 0 Å². The molecular formula is C14H12O5S. The summed E-state index contributed by atoms with van der Waals surface area (Å²) in [4.78, 5) is 0. The van der Waals surface area contributed by atoms with Gasteiger partial charge in [0.1, 0.15) is 11.5 Å². The lowest BCUT2D eigenvalue weighted by Crippen LogP contribution is -2.06. The molecule has 0 aromatic heterocycles. The topological polar surface area (TPSA) is 54.0 Å². The fourth-order valence-corrected chi connectivity index (χ4v) is 2.62. The summed E-state index contributed by atoms with van der Waals surface area (Å²) < 4.78 is 32.7. The first-order valence-corrected chi connectivity index (χ1v) is 6.86. The van der Waals surface area contributed by atoms with Crippen LogP contribution in [0.3, 0.4) is 0 Å². The summed E-state index contributed by atoms with van der Waals surface area (Å²) in [5.41, 5.74) is 1.48. The van der Waals surface area contributed by atoms with Crippen LogP contribution in [0.1, 0.15) is 0 Å². The number of hydrogen-bond acceptors (Lipinski definition) is 5. The average Bonchev–Trinajstić information content (AvgIpc) is 2.61. The van der Waals surface area contributed by atoms with Crippen molar-refractivity contribution in [1.29, 1.82) is 0 Å². The normalized spacial score (nSPS) is 13.3. The van der Waals surface area contributed by atoms with Crippen LogP contribution in [-0.2, 0) is 11.4 Å². The van der Waals surface area contributed by atoms with Crippen LogP contribution >= 0.6 is 0 Å². The van der Waals surface area contributed by atoms with Crippen LogP contribution in [0, 0.1) is 0 Å². The first kappa shape index (κ1) is 12.8. The van der Waals surface area contributed by atoms with Crippen molar-refractivity contribution in [3.05, 3.63) is 36.4 Å². The maximum absolute atomic E-state index is 11.7. The number of methoxy groups -OCH3 is 2. The Bertz CT molecular complexity index is 626. The van der Waals surface area contributed by atoms with Gasteiger partial charge in [0.25, 0.3) is 0 Å². The third-order valence-corrected chi connectivity index (χ3v) is 3.61. The highest BCUT2D eigenvalue weighted by molar-refractivity contribution is 7.76. The molecule has 104 valence electrons. The molecule has 0 N–H and O–H groups in total. The maximum Gasteiger partial charge on any atom is 0.417 e. The minimum absolute atomic E-state index is 0.469. The smallest absolute Gasteiger partial charge is 0.417 e. The summed E-state index contributed by atoms with van der Waals surface area (Å²) in [6.45, 7) is 0. The van der Waals surface area contributed by atoms with E-state index in [0.717, 1.165) is 11.1 Å². The molecule has 0 saturated carbocycles. The van der Waals surface area contributed by atoms with Crippen LogP contribution in [0.4, 0.5) is 0 Å².